The van der Waals surface area contributed by atoms with Gasteiger partial charge in [0, 0.05) is 12.1 Å². The molecule has 5 nitrogen and oxygen atoms in total. The molecule has 0 heterocycles. The van der Waals surface area contributed by atoms with Gasteiger partial charge >= 0.3 is 0 Å². The molecule has 0 spiro atoms. The Labute approximate surface area is 86.1 Å². The molecule has 0 radical (unpaired) electrons. The molecule has 0 aliphatic rings. The maximum atomic E-state index is 11.3. The van der Waals surface area contributed by atoms with Gasteiger partial charge < -0.3 is 5.11 Å². The summed E-state index contributed by atoms with van der Waals surface area (Å²) >= 11 is 0. The van der Waals surface area contributed by atoms with Crippen LogP contribution >= 0.6 is 0 Å². The fourth-order valence-corrected chi connectivity index (χ4v) is 2.11. The zero-order valence-corrected chi connectivity index (χ0v) is 9.98. The van der Waals surface area contributed by atoms with E-state index in [2.05, 4.69) is 9.44 Å². The molecule has 0 aromatic rings. The minimum absolute atomic E-state index is 0.239. The highest BCUT2D eigenvalue weighted by Gasteiger charge is 2.18. The predicted molar refractivity (Wildman–Crippen MR) is 56.1 cm³/mol. The molecule has 0 amide bonds. The molecule has 86 valence electrons. The summed E-state index contributed by atoms with van der Waals surface area (Å²) in [5.74, 6) is 0. The maximum absolute atomic E-state index is 11.3. The molecule has 0 fully saturated rings. The zero-order valence-electron chi connectivity index (χ0n) is 9.16. The van der Waals surface area contributed by atoms with Gasteiger partial charge in [0.1, 0.15) is 0 Å². The molecule has 1 atom stereocenters. The predicted octanol–water partition coefficient (Wildman–Crippen LogP) is -0.0202. The summed E-state index contributed by atoms with van der Waals surface area (Å²) in [5.41, 5.74) is -0.489. The number of hydrogen-bond donors (Lipinski definition) is 3. The zero-order chi connectivity index (χ0) is 11.4. The summed E-state index contributed by atoms with van der Waals surface area (Å²) in [6.45, 7) is 7.15. The minimum atomic E-state index is -3.45. The molecule has 3 N–H and O–H groups in total. The molecule has 0 aromatic carbocycles. The van der Waals surface area contributed by atoms with Gasteiger partial charge in [0.15, 0.2) is 0 Å². The van der Waals surface area contributed by atoms with Crippen LogP contribution < -0.4 is 9.44 Å². The molecule has 0 bridgehead atoms. The second-order valence-electron chi connectivity index (χ2n) is 4.39. The Bertz CT molecular complexity index is 254. The Morgan fingerprint density at radius 2 is 1.86 bits per heavy atom. The summed E-state index contributed by atoms with van der Waals surface area (Å²) in [5, 5.41) is 8.93. The summed E-state index contributed by atoms with van der Waals surface area (Å²) in [6, 6.07) is 0. The topological polar surface area (TPSA) is 78.4 Å². The average Bonchev–Trinajstić information content (AvgIpc) is 1.78. The van der Waals surface area contributed by atoms with Crippen LogP contribution in [0, 0.1) is 0 Å². The van der Waals surface area contributed by atoms with Gasteiger partial charge in [-0.15, -0.1) is 0 Å². The lowest BCUT2D eigenvalue weighted by Crippen LogP contribution is -2.47. The van der Waals surface area contributed by atoms with Gasteiger partial charge in [0.05, 0.1) is 6.10 Å². The van der Waals surface area contributed by atoms with Crippen molar-refractivity contribution in [2.24, 2.45) is 0 Å². The van der Waals surface area contributed by atoms with Gasteiger partial charge in [-0.3, -0.25) is 0 Å². The van der Waals surface area contributed by atoms with Crippen LogP contribution in [0.15, 0.2) is 0 Å². The second kappa shape index (κ2) is 5.06. The van der Waals surface area contributed by atoms with E-state index >= 15 is 0 Å². The quantitative estimate of drug-likeness (QED) is 0.614. The Morgan fingerprint density at radius 1 is 1.36 bits per heavy atom. The van der Waals surface area contributed by atoms with Crippen LogP contribution in [0.4, 0.5) is 0 Å². The van der Waals surface area contributed by atoms with Crippen LogP contribution in [0.5, 0.6) is 0 Å². The normalized spacial score (nSPS) is 15.5. The van der Waals surface area contributed by atoms with Crippen molar-refractivity contribution in [3.63, 3.8) is 0 Å². The Kier molecular flexibility index (Phi) is 5.00. The molecule has 14 heavy (non-hydrogen) atoms. The van der Waals surface area contributed by atoms with Crippen LogP contribution in [0.25, 0.3) is 0 Å². The van der Waals surface area contributed by atoms with Crippen molar-refractivity contribution in [2.75, 3.05) is 6.54 Å². The number of hydrogen-bond acceptors (Lipinski definition) is 3. The number of nitrogens with one attached hydrogen (secondary N) is 2. The first-order valence-electron chi connectivity index (χ1n) is 4.59. The highest BCUT2D eigenvalue weighted by molar-refractivity contribution is 7.87. The van der Waals surface area contributed by atoms with Gasteiger partial charge in [0.2, 0.25) is 0 Å². The first-order chi connectivity index (χ1) is 6.12. The Hall–Kier alpha value is -0.170. The van der Waals surface area contributed by atoms with E-state index in [1.807, 2.05) is 0 Å². The van der Waals surface area contributed by atoms with Gasteiger partial charge in [-0.05, 0) is 34.1 Å². The van der Waals surface area contributed by atoms with Crippen molar-refractivity contribution in [1.82, 2.24) is 9.44 Å². The standard InChI is InChI=1S/C8H20N2O3S/c1-7(11)5-6-9-14(12,13)10-8(2,3)4/h7,9-11H,5-6H2,1-4H3. The summed E-state index contributed by atoms with van der Waals surface area (Å²) in [4.78, 5) is 0. The average molecular weight is 224 g/mol. The summed E-state index contributed by atoms with van der Waals surface area (Å²) in [7, 11) is -3.45. The molecular weight excluding hydrogens is 204 g/mol. The number of rotatable bonds is 5. The second-order valence-corrected chi connectivity index (χ2v) is 5.89. The van der Waals surface area contributed by atoms with Crippen molar-refractivity contribution >= 4 is 10.2 Å². The minimum Gasteiger partial charge on any atom is -0.393 e. The third-order valence-electron chi connectivity index (χ3n) is 1.29. The van der Waals surface area contributed by atoms with Crippen LogP contribution in [0.1, 0.15) is 34.1 Å². The van der Waals surface area contributed by atoms with E-state index in [4.69, 9.17) is 5.11 Å². The van der Waals surface area contributed by atoms with Crippen LogP contribution in [-0.2, 0) is 10.2 Å². The largest absolute Gasteiger partial charge is 0.393 e. The van der Waals surface area contributed by atoms with E-state index in [-0.39, 0.29) is 6.54 Å². The highest BCUT2D eigenvalue weighted by atomic mass is 32.2. The molecule has 0 saturated heterocycles. The van der Waals surface area contributed by atoms with E-state index in [1.165, 1.54) is 0 Å². The van der Waals surface area contributed by atoms with E-state index in [0.717, 1.165) is 0 Å². The third kappa shape index (κ3) is 8.43. The van der Waals surface area contributed by atoms with Gasteiger partial charge in [-0.25, -0.2) is 4.72 Å². The summed E-state index contributed by atoms with van der Waals surface area (Å²) in [6.07, 6.45) is -0.0854. The van der Waals surface area contributed by atoms with Crippen LogP contribution in [0.2, 0.25) is 0 Å². The first kappa shape index (κ1) is 13.8. The SMILES string of the molecule is CC(O)CCNS(=O)(=O)NC(C)(C)C. The van der Waals surface area contributed by atoms with E-state index in [9.17, 15) is 8.42 Å². The molecule has 1 unspecified atom stereocenters. The highest BCUT2D eigenvalue weighted by Crippen LogP contribution is 2.00. The van der Waals surface area contributed by atoms with Crippen molar-refractivity contribution in [3.8, 4) is 0 Å². The number of aliphatic hydroxyl groups excluding tert-OH is 1. The molecule has 0 aliphatic heterocycles. The van der Waals surface area contributed by atoms with Gasteiger partial charge in [0.25, 0.3) is 10.2 Å². The molecule has 0 aromatic heterocycles. The van der Waals surface area contributed by atoms with Crippen molar-refractivity contribution in [2.45, 2.75) is 45.8 Å². The lowest BCUT2D eigenvalue weighted by Gasteiger charge is -2.20. The molecule has 0 aliphatic carbocycles. The van der Waals surface area contributed by atoms with E-state index < -0.39 is 21.9 Å². The fourth-order valence-electron chi connectivity index (χ4n) is 0.841. The van der Waals surface area contributed by atoms with Crippen LogP contribution in [0.3, 0.4) is 0 Å². The van der Waals surface area contributed by atoms with E-state index in [0.29, 0.717) is 6.42 Å². The summed E-state index contributed by atoms with van der Waals surface area (Å²) < 4.78 is 27.4. The fraction of sp³-hybridized carbons (Fsp3) is 1.00. The first-order valence-corrected chi connectivity index (χ1v) is 6.07. The maximum Gasteiger partial charge on any atom is 0.277 e. The smallest absolute Gasteiger partial charge is 0.277 e. The Morgan fingerprint density at radius 3 is 2.21 bits per heavy atom. The Balaban J connectivity index is 3.98. The van der Waals surface area contributed by atoms with Crippen molar-refractivity contribution in [1.29, 1.82) is 0 Å². The third-order valence-corrected chi connectivity index (χ3v) is 2.76. The molecule has 0 saturated carbocycles. The lowest BCUT2D eigenvalue weighted by molar-refractivity contribution is 0.186. The molecule has 0 rings (SSSR count). The van der Waals surface area contributed by atoms with E-state index in [1.54, 1.807) is 27.7 Å². The van der Waals surface area contributed by atoms with Crippen LogP contribution in [-0.4, -0.2) is 31.7 Å². The van der Waals surface area contributed by atoms with Crippen molar-refractivity contribution < 1.29 is 13.5 Å². The van der Waals surface area contributed by atoms with Gasteiger partial charge in [-0.2, -0.15) is 13.1 Å². The lowest BCUT2D eigenvalue weighted by atomic mass is 10.1. The monoisotopic (exact) mass is 224 g/mol. The van der Waals surface area contributed by atoms with Crippen molar-refractivity contribution in [3.05, 3.63) is 0 Å². The molecule has 6 heteroatoms. The number of aliphatic hydroxyl groups is 1. The molecular formula is C8H20N2O3S. The van der Waals surface area contributed by atoms with Gasteiger partial charge in [-0.1, -0.05) is 0 Å².